The summed E-state index contributed by atoms with van der Waals surface area (Å²) >= 11 is 0. The van der Waals surface area contributed by atoms with Gasteiger partial charge in [0.25, 0.3) is 0 Å². The Kier molecular flexibility index (Phi) is 3.81. The van der Waals surface area contributed by atoms with Gasteiger partial charge >= 0.3 is 5.97 Å². The van der Waals surface area contributed by atoms with E-state index in [1.165, 1.54) is 4.90 Å². The van der Waals surface area contributed by atoms with Crippen LogP contribution in [0.15, 0.2) is 24.3 Å². The van der Waals surface area contributed by atoms with Gasteiger partial charge in [0.2, 0.25) is 5.91 Å². The van der Waals surface area contributed by atoms with Gasteiger partial charge in [0.05, 0.1) is 5.54 Å². The third kappa shape index (κ3) is 2.54. The molecule has 0 aliphatic carbocycles. The van der Waals surface area contributed by atoms with E-state index >= 15 is 0 Å². The maximum atomic E-state index is 12.5. The lowest BCUT2D eigenvalue weighted by Crippen LogP contribution is -2.58. The molecule has 0 saturated heterocycles. The van der Waals surface area contributed by atoms with E-state index in [2.05, 4.69) is 0 Å². The number of nitrogens with zero attached hydrogens (tertiary/aromatic N) is 1. The normalized spacial score (nSPS) is 20.9. The Hall–Kier alpha value is -1.88. The van der Waals surface area contributed by atoms with Crippen LogP contribution in [0.3, 0.4) is 0 Å². The Balaban J connectivity index is 2.36. The number of hydrogen-bond acceptors (Lipinski definition) is 3. The molecule has 2 rings (SSSR count). The number of benzene rings is 1. The van der Waals surface area contributed by atoms with Gasteiger partial charge in [-0.25, -0.2) is 4.79 Å². The van der Waals surface area contributed by atoms with Gasteiger partial charge in [-0.05, 0) is 24.5 Å². The van der Waals surface area contributed by atoms with E-state index in [0.29, 0.717) is 19.4 Å². The first-order valence-corrected chi connectivity index (χ1v) is 6.76. The van der Waals surface area contributed by atoms with E-state index in [0.717, 1.165) is 11.1 Å². The van der Waals surface area contributed by atoms with Gasteiger partial charge in [-0.1, -0.05) is 31.2 Å². The summed E-state index contributed by atoms with van der Waals surface area (Å²) in [6, 6.07) is 6.77. The SMILES string of the molecule is CCC(C)(N)C(=O)N1Cc2ccccc2C[C@H]1C(=O)O. The van der Waals surface area contributed by atoms with Crippen LogP contribution in [-0.4, -0.2) is 33.5 Å². The van der Waals surface area contributed by atoms with E-state index in [1.54, 1.807) is 6.92 Å². The van der Waals surface area contributed by atoms with Gasteiger partial charge < -0.3 is 15.7 Å². The molecule has 1 aliphatic rings. The van der Waals surface area contributed by atoms with Gasteiger partial charge in [0, 0.05) is 13.0 Å². The molecule has 1 aromatic rings. The van der Waals surface area contributed by atoms with E-state index in [4.69, 9.17) is 5.73 Å². The van der Waals surface area contributed by atoms with Crippen molar-refractivity contribution in [1.82, 2.24) is 4.90 Å². The third-order valence-electron chi connectivity index (χ3n) is 4.02. The van der Waals surface area contributed by atoms with Crippen LogP contribution >= 0.6 is 0 Å². The van der Waals surface area contributed by atoms with Gasteiger partial charge in [0.1, 0.15) is 6.04 Å². The zero-order valence-corrected chi connectivity index (χ0v) is 11.8. The van der Waals surface area contributed by atoms with Crippen LogP contribution in [-0.2, 0) is 22.6 Å². The van der Waals surface area contributed by atoms with Crippen LogP contribution < -0.4 is 5.73 Å². The van der Waals surface area contributed by atoms with Gasteiger partial charge in [0.15, 0.2) is 0 Å². The van der Waals surface area contributed by atoms with Crippen molar-refractivity contribution in [3.63, 3.8) is 0 Å². The fourth-order valence-corrected chi connectivity index (χ4v) is 2.44. The first-order valence-electron chi connectivity index (χ1n) is 6.76. The Labute approximate surface area is 118 Å². The Morgan fingerprint density at radius 3 is 2.55 bits per heavy atom. The highest BCUT2D eigenvalue weighted by molar-refractivity contribution is 5.90. The number of aliphatic carboxylic acids is 1. The zero-order valence-electron chi connectivity index (χ0n) is 11.8. The molecular formula is C15H20N2O3. The van der Waals surface area contributed by atoms with Crippen LogP contribution in [0.1, 0.15) is 31.4 Å². The zero-order chi connectivity index (χ0) is 14.9. The molecule has 0 bridgehead atoms. The van der Waals surface area contributed by atoms with Crippen molar-refractivity contribution in [3.05, 3.63) is 35.4 Å². The number of nitrogens with two attached hydrogens (primary N) is 1. The highest BCUT2D eigenvalue weighted by Crippen LogP contribution is 2.26. The number of amides is 1. The molecule has 1 heterocycles. The van der Waals surface area contributed by atoms with Crippen molar-refractivity contribution < 1.29 is 14.7 Å². The molecular weight excluding hydrogens is 256 g/mol. The minimum atomic E-state index is -1.03. The predicted molar refractivity (Wildman–Crippen MR) is 75.0 cm³/mol. The number of carbonyl (C=O) groups is 2. The number of carboxylic acids is 1. The van der Waals surface area contributed by atoms with E-state index in [9.17, 15) is 14.7 Å². The summed E-state index contributed by atoms with van der Waals surface area (Å²) < 4.78 is 0. The molecule has 0 fully saturated rings. The number of hydrogen-bond donors (Lipinski definition) is 2. The fourth-order valence-electron chi connectivity index (χ4n) is 2.44. The van der Waals surface area contributed by atoms with Crippen LogP contribution in [0.5, 0.6) is 0 Å². The molecule has 5 heteroatoms. The number of carboxylic acid groups (broad SMARTS) is 1. The highest BCUT2D eigenvalue weighted by atomic mass is 16.4. The lowest BCUT2D eigenvalue weighted by molar-refractivity contribution is -0.153. The monoisotopic (exact) mass is 276 g/mol. The van der Waals surface area contributed by atoms with Crippen LogP contribution in [0.2, 0.25) is 0 Å². The summed E-state index contributed by atoms with van der Waals surface area (Å²) in [5.41, 5.74) is 6.94. The van der Waals surface area contributed by atoms with Crippen molar-refractivity contribution in [1.29, 1.82) is 0 Å². The fraction of sp³-hybridized carbons (Fsp3) is 0.467. The Morgan fingerprint density at radius 1 is 1.40 bits per heavy atom. The number of fused-ring (bicyclic) bond motifs is 1. The summed E-state index contributed by atoms with van der Waals surface area (Å²) in [5, 5.41) is 9.39. The van der Waals surface area contributed by atoms with Gasteiger partial charge in [-0.2, -0.15) is 0 Å². The highest BCUT2D eigenvalue weighted by Gasteiger charge is 2.40. The van der Waals surface area contributed by atoms with Crippen molar-refractivity contribution in [2.75, 3.05) is 0 Å². The minimum Gasteiger partial charge on any atom is -0.480 e. The summed E-state index contributed by atoms with van der Waals surface area (Å²) in [4.78, 5) is 25.4. The third-order valence-corrected chi connectivity index (χ3v) is 4.02. The van der Waals surface area contributed by atoms with Crippen LogP contribution in [0.25, 0.3) is 0 Å². The second-order valence-corrected chi connectivity index (χ2v) is 5.53. The molecule has 0 aromatic heterocycles. The molecule has 1 unspecified atom stereocenters. The van der Waals surface area contributed by atoms with Crippen molar-refractivity contribution in [3.8, 4) is 0 Å². The molecule has 5 nitrogen and oxygen atoms in total. The first kappa shape index (κ1) is 14.5. The van der Waals surface area contributed by atoms with E-state index in [-0.39, 0.29) is 5.91 Å². The van der Waals surface area contributed by atoms with E-state index < -0.39 is 17.6 Å². The molecule has 2 atom stereocenters. The molecule has 1 amide bonds. The maximum absolute atomic E-state index is 12.5. The minimum absolute atomic E-state index is 0.304. The average Bonchev–Trinajstić information content (AvgIpc) is 2.44. The average molecular weight is 276 g/mol. The maximum Gasteiger partial charge on any atom is 0.326 e. The van der Waals surface area contributed by atoms with Gasteiger partial charge in [-0.15, -0.1) is 0 Å². The summed E-state index contributed by atoms with van der Waals surface area (Å²) in [6.45, 7) is 3.78. The Bertz CT molecular complexity index is 540. The Morgan fingerprint density at radius 2 is 2.00 bits per heavy atom. The van der Waals surface area contributed by atoms with Crippen molar-refractivity contribution >= 4 is 11.9 Å². The number of carbonyl (C=O) groups excluding carboxylic acids is 1. The smallest absolute Gasteiger partial charge is 0.326 e. The molecule has 1 aromatic carbocycles. The topological polar surface area (TPSA) is 83.6 Å². The second-order valence-electron chi connectivity index (χ2n) is 5.53. The standard InChI is InChI=1S/C15H20N2O3/c1-3-15(2,16)14(20)17-9-11-7-5-4-6-10(11)8-12(17)13(18)19/h4-7,12H,3,8-9,16H2,1-2H3,(H,18,19)/t12-,15?/m0/s1. The van der Waals surface area contributed by atoms with Crippen LogP contribution in [0.4, 0.5) is 0 Å². The summed E-state index contributed by atoms with van der Waals surface area (Å²) in [5.74, 6) is -1.29. The molecule has 108 valence electrons. The molecule has 20 heavy (non-hydrogen) atoms. The lowest BCUT2D eigenvalue weighted by Gasteiger charge is -2.38. The summed E-state index contributed by atoms with van der Waals surface area (Å²) in [6.07, 6.45) is 0.799. The molecule has 0 radical (unpaired) electrons. The molecule has 0 spiro atoms. The predicted octanol–water partition coefficient (Wildman–Crippen LogP) is 1.15. The largest absolute Gasteiger partial charge is 0.480 e. The van der Waals surface area contributed by atoms with E-state index in [1.807, 2.05) is 31.2 Å². The number of rotatable bonds is 3. The molecule has 0 saturated carbocycles. The molecule has 3 N–H and O–H groups in total. The summed E-state index contributed by atoms with van der Waals surface area (Å²) in [7, 11) is 0. The second kappa shape index (κ2) is 5.25. The first-order chi connectivity index (χ1) is 9.36. The van der Waals surface area contributed by atoms with Gasteiger partial charge in [-0.3, -0.25) is 4.79 Å². The molecule has 1 aliphatic heterocycles. The quantitative estimate of drug-likeness (QED) is 0.867. The van der Waals surface area contributed by atoms with Crippen molar-refractivity contribution in [2.45, 2.75) is 44.8 Å². The lowest BCUT2D eigenvalue weighted by atomic mass is 9.90. The van der Waals surface area contributed by atoms with Crippen molar-refractivity contribution in [2.24, 2.45) is 5.73 Å². The van der Waals surface area contributed by atoms with Crippen LogP contribution in [0, 0.1) is 0 Å².